The van der Waals surface area contributed by atoms with E-state index in [1.54, 1.807) is 13.1 Å². The van der Waals surface area contributed by atoms with Crippen molar-refractivity contribution in [1.29, 1.82) is 0 Å². The molecule has 2 rings (SSSR count). The number of aryl methyl sites for hydroxylation is 1. The number of carbonyl (C=O) groups excluding carboxylic acids is 1. The maximum atomic E-state index is 11.2. The maximum Gasteiger partial charge on any atom is 0.177 e. The zero-order valence-corrected chi connectivity index (χ0v) is 8.08. The Bertz CT molecular complexity index is 341. The minimum Gasteiger partial charge on any atom is -0.325 e. The number of hydrogen-bond donors (Lipinski definition) is 0. The number of Topliss-reactive ketones (excluding diaryl/α,β-unsaturated/α-hetero) is 1. The molecule has 0 N–H and O–H groups in total. The first-order chi connectivity index (χ1) is 6.18. The van der Waals surface area contributed by atoms with E-state index in [1.165, 1.54) is 6.42 Å². The van der Waals surface area contributed by atoms with E-state index in [2.05, 4.69) is 16.5 Å². The summed E-state index contributed by atoms with van der Waals surface area (Å²) in [6, 6.07) is 0. The van der Waals surface area contributed by atoms with Crippen molar-refractivity contribution in [2.24, 2.45) is 5.92 Å². The summed E-state index contributed by atoms with van der Waals surface area (Å²) < 4.78 is 2.07. The average molecular weight is 178 g/mol. The van der Waals surface area contributed by atoms with Gasteiger partial charge in [-0.2, -0.15) is 0 Å². The van der Waals surface area contributed by atoms with Gasteiger partial charge in [-0.1, -0.05) is 6.92 Å². The molecule has 1 aliphatic heterocycles. The summed E-state index contributed by atoms with van der Waals surface area (Å²) in [6.07, 6.45) is 3.90. The van der Waals surface area contributed by atoms with Crippen LogP contribution in [0.3, 0.4) is 0 Å². The van der Waals surface area contributed by atoms with Gasteiger partial charge >= 0.3 is 0 Å². The molecule has 1 unspecified atom stereocenters. The van der Waals surface area contributed by atoms with E-state index in [9.17, 15) is 4.79 Å². The van der Waals surface area contributed by atoms with Crippen molar-refractivity contribution >= 4 is 5.78 Å². The predicted octanol–water partition coefficient (Wildman–Crippen LogP) is 1.67. The van der Waals surface area contributed by atoms with Crippen molar-refractivity contribution in [3.63, 3.8) is 0 Å². The number of carbonyl (C=O) groups is 1. The molecule has 1 aromatic heterocycles. The van der Waals surface area contributed by atoms with Gasteiger partial charge in [0.25, 0.3) is 0 Å². The molecule has 0 bridgehead atoms. The molecule has 0 fully saturated rings. The Labute approximate surface area is 77.8 Å². The van der Waals surface area contributed by atoms with Crippen molar-refractivity contribution in [3.8, 4) is 0 Å². The van der Waals surface area contributed by atoms with Gasteiger partial charge in [-0.15, -0.1) is 0 Å². The summed E-state index contributed by atoms with van der Waals surface area (Å²) in [5, 5.41) is 0. The lowest BCUT2D eigenvalue weighted by atomic mass is 10.0. The second-order valence-corrected chi connectivity index (χ2v) is 3.87. The van der Waals surface area contributed by atoms with E-state index in [0.717, 1.165) is 24.5 Å². The van der Waals surface area contributed by atoms with E-state index >= 15 is 0 Å². The Morgan fingerprint density at radius 1 is 1.69 bits per heavy atom. The Kier molecular flexibility index (Phi) is 1.94. The van der Waals surface area contributed by atoms with Crippen molar-refractivity contribution in [3.05, 3.63) is 17.7 Å². The van der Waals surface area contributed by atoms with Crippen LogP contribution < -0.4 is 0 Å². The number of hydrogen-bond acceptors (Lipinski definition) is 2. The van der Waals surface area contributed by atoms with E-state index in [4.69, 9.17) is 0 Å². The molecule has 1 aromatic rings. The monoisotopic (exact) mass is 178 g/mol. The van der Waals surface area contributed by atoms with Crippen LogP contribution in [0.1, 0.15) is 36.6 Å². The second-order valence-electron chi connectivity index (χ2n) is 3.87. The molecule has 13 heavy (non-hydrogen) atoms. The first kappa shape index (κ1) is 8.48. The lowest BCUT2D eigenvalue weighted by molar-refractivity contribution is 0.100. The molecular formula is C10H14N2O. The normalized spacial score (nSPS) is 21.2. The molecule has 0 radical (unpaired) electrons. The Balaban J connectivity index is 2.41. The van der Waals surface area contributed by atoms with Gasteiger partial charge < -0.3 is 4.57 Å². The van der Waals surface area contributed by atoms with Crippen LogP contribution in [0, 0.1) is 5.92 Å². The summed E-state index contributed by atoms with van der Waals surface area (Å²) in [5.41, 5.74) is 0.765. The Hall–Kier alpha value is -1.12. The molecule has 0 saturated heterocycles. The molecule has 2 heterocycles. The molecule has 0 spiro atoms. The van der Waals surface area contributed by atoms with Crippen LogP contribution in [0.25, 0.3) is 0 Å². The highest BCUT2D eigenvalue weighted by Gasteiger charge is 2.19. The van der Waals surface area contributed by atoms with Crippen LogP contribution in [0.4, 0.5) is 0 Å². The smallest absolute Gasteiger partial charge is 0.177 e. The molecule has 0 saturated carbocycles. The topological polar surface area (TPSA) is 34.9 Å². The van der Waals surface area contributed by atoms with Gasteiger partial charge in [0, 0.05) is 19.9 Å². The second kappa shape index (κ2) is 2.98. The fraction of sp³-hybridized carbons (Fsp3) is 0.600. The third kappa shape index (κ3) is 1.39. The third-order valence-electron chi connectivity index (χ3n) is 2.65. The summed E-state index contributed by atoms with van der Waals surface area (Å²) in [6.45, 7) is 4.76. The SMILES string of the molecule is CC(=O)c1cnc2n1CC(C)CC2. The Morgan fingerprint density at radius 3 is 3.15 bits per heavy atom. The number of ketones is 1. The minimum atomic E-state index is 0.118. The summed E-state index contributed by atoms with van der Waals surface area (Å²) in [7, 11) is 0. The minimum absolute atomic E-state index is 0.118. The van der Waals surface area contributed by atoms with Gasteiger partial charge in [0.1, 0.15) is 11.5 Å². The molecule has 0 aliphatic carbocycles. The van der Waals surface area contributed by atoms with Crippen LogP contribution in [0.2, 0.25) is 0 Å². The molecule has 0 amide bonds. The van der Waals surface area contributed by atoms with Gasteiger partial charge in [0.2, 0.25) is 0 Å². The molecule has 1 aliphatic rings. The van der Waals surface area contributed by atoms with Gasteiger partial charge in [-0.25, -0.2) is 4.98 Å². The summed E-state index contributed by atoms with van der Waals surface area (Å²) in [5.74, 6) is 1.86. The highest BCUT2D eigenvalue weighted by molar-refractivity contribution is 5.92. The number of nitrogens with zero attached hydrogens (tertiary/aromatic N) is 2. The molecule has 1 atom stereocenters. The number of fused-ring (bicyclic) bond motifs is 1. The molecule has 70 valence electrons. The molecule has 0 aromatic carbocycles. The third-order valence-corrected chi connectivity index (χ3v) is 2.65. The lowest BCUT2D eigenvalue weighted by Crippen LogP contribution is -2.20. The van der Waals surface area contributed by atoms with Crippen molar-refractivity contribution in [1.82, 2.24) is 9.55 Å². The molecule has 3 nitrogen and oxygen atoms in total. The zero-order chi connectivity index (χ0) is 9.42. The number of aromatic nitrogens is 2. The van der Waals surface area contributed by atoms with Crippen molar-refractivity contribution in [2.45, 2.75) is 33.2 Å². The van der Waals surface area contributed by atoms with Gasteiger partial charge in [-0.3, -0.25) is 4.79 Å². The summed E-state index contributed by atoms with van der Waals surface area (Å²) in [4.78, 5) is 15.5. The maximum absolute atomic E-state index is 11.2. The Morgan fingerprint density at radius 2 is 2.46 bits per heavy atom. The fourth-order valence-electron chi connectivity index (χ4n) is 1.88. The quantitative estimate of drug-likeness (QED) is 0.613. The van der Waals surface area contributed by atoms with E-state index in [1.807, 2.05) is 0 Å². The predicted molar refractivity (Wildman–Crippen MR) is 49.7 cm³/mol. The van der Waals surface area contributed by atoms with Gasteiger partial charge in [-0.05, 0) is 12.3 Å². The first-order valence-corrected chi connectivity index (χ1v) is 4.74. The standard InChI is InChI=1S/C10H14N2O/c1-7-3-4-10-11-5-9(8(2)13)12(10)6-7/h5,7H,3-4,6H2,1-2H3. The van der Waals surface area contributed by atoms with Crippen LogP contribution in [0.5, 0.6) is 0 Å². The molecule has 3 heteroatoms. The fourth-order valence-corrected chi connectivity index (χ4v) is 1.88. The van der Waals surface area contributed by atoms with Crippen LogP contribution in [0.15, 0.2) is 6.20 Å². The van der Waals surface area contributed by atoms with E-state index in [-0.39, 0.29) is 5.78 Å². The van der Waals surface area contributed by atoms with E-state index < -0.39 is 0 Å². The van der Waals surface area contributed by atoms with Gasteiger partial charge in [0.05, 0.1) is 6.20 Å². The lowest BCUT2D eigenvalue weighted by Gasteiger charge is -2.21. The highest BCUT2D eigenvalue weighted by Crippen LogP contribution is 2.20. The highest BCUT2D eigenvalue weighted by atomic mass is 16.1. The van der Waals surface area contributed by atoms with Crippen molar-refractivity contribution < 1.29 is 4.79 Å². The number of imidazole rings is 1. The van der Waals surface area contributed by atoms with Crippen LogP contribution in [-0.2, 0) is 13.0 Å². The van der Waals surface area contributed by atoms with Crippen molar-refractivity contribution in [2.75, 3.05) is 0 Å². The van der Waals surface area contributed by atoms with Gasteiger partial charge in [0.15, 0.2) is 5.78 Å². The van der Waals surface area contributed by atoms with Crippen LogP contribution in [-0.4, -0.2) is 15.3 Å². The van der Waals surface area contributed by atoms with Crippen LogP contribution >= 0.6 is 0 Å². The average Bonchev–Trinajstić information content (AvgIpc) is 2.46. The van der Waals surface area contributed by atoms with E-state index in [0.29, 0.717) is 5.92 Å². The number of rotatable bonds is 1. The zero-order valence-electron chi connectivity index (χ0n) is 8.08. The first-order valence-electron chi connectivity index (χ1n) is 4.74. The largest absolute Gasteiger partial charge is 0.325 e. The summed E-state index contributed by atoms with van der Waals surface area (Å²) >= 11 is 0. The molecular weight excluding hydrogens is 164 g/mol.